The third-order valence-corrected chi connectivity index (χ3v) is 4.15. The van der Waals surface area contributed by atoms with E-state index in [9.17, 15) is 4.79 Å². The minimum atomic E-state index is 0.166. The number of hydrogen-bond acceptors (Lipinski definition) is 4. The summed E-state index contributed by atoms with van der Waals surface area (Å²) in [5.41, 5.74) is 1.06. The molecule has 26 heavy (non-hydrogen) atoms. The molecule has 7 nitrogen and oxygen atoms in total. The van der Waals surface area contributed by atoms with Gasteiger partial charge in [0.25, 0.3) is 0 Å². The number of aliphatic imine (C=N–C) groups is 1. The number of amides is 1. The van der Waals surface area contributed by atoms with E-state index in [1.807, 2.05) is 25.1 Å². The number of carbonyl (C=O) groups is 1. The Kier molecular flexibility index (Phi) is 8.05. The maximum Gasteiger partial charge on any atom is 0.223 e. The Bertz CT molecular complexity index is 615. The smallest absolute Gasteiger partial charge is 0.223 e. The number of ether oxygens (including phenoxy) is 2. The van der Waals surface area contributed by atoms with Crippen LogP contribution in [0.5, 0.6) is 11.5 Å². The van der Waals surface area contributed by atoms with E-state index in [1.54, 1.807) is 14.2 Å². The first-order valence-corrected chi connectivity index (χ1v) is 9.18. The van der Waals surface area contributed by atoms with Crippen LogP contribution in [-0.4, -0.2) is 52.3 Å². The second-order valence-electron chi connectivity index (χ2n) is 6.18. The molecule has 0 spiro atoms. The highest BCUT2D eigenvalue weighted by molar-refractivity contribution is 5.81. The predicted molar refractivity (Wildman–Crippen MR) is 103 cm³/mol. The molecule has 0 aliphatic heterocycles. The highest BCUT2D eigenvalue weighted by Gasteiger charge is 2.28. The van der Waals surface area contributed by atoms with Crippen LogP contribution in [0.2, 0.25) is 0 Å². The first kappa shape index (κ1) is 19.9. The van der Waals surface area contributed by atoms with Gasteiger partial charge in [-0.15, -0.1) is 0 Å². The van der Waals surface area contributed by atoms with Crippen LogP contribution in [0.1, 0.15) is 25.3 Å². The average molecular weight is 362 g/mol. The molecule has 0 aromatic heterocycles. The molecule has 0 atom stereocenters. The van der Waals surface area contributed by atoms with Crippen LogP contribution in [0.15, 0.2) is 23.2 Å². The fourth-order valence-corrected chi connectivity index (χ4v) is 2.56. The number of hydrogen-bond donors (Lipinski definition) is 3. The van der Waals surface area contributed by atoms with Crippen molar-refractivity contribution < 1.29 is 14.3 Å². The van der Waals surface area contributed by atoms with Crippen molar-refractivity contribution in [3.05, 3.63) is 23.8 Å². The van der Waals surface area contributed by atoms with E-state index in [1.165, 1.54) is 0 Å². The maximum absolute atomic E-state index is 11.6. The summed E-state index contributed by atoms with van der Waals surface area (Å²) >= 11 is 0. The van der Waals surface area contributed by atoms with Crippen LogP contribution >= 0.6 is 0 Å². The summed E-state index contributed by atoms with van der Waals surface area (Å²) in [6, 6.07) is 5.76. The molecular formula is C19H30N4O3. The fraction of sp³-hybridized carbons (Fsp3) is 0.579. The maximum atomic E-state index is 11.6. The summed E-state index contributed by atoms with van der Waals surface area (Å²) < 4.78 is 10.7. The summed E-state index contributed by atoms with van der Waals surface area (Å²) in [7, 11) is 3.31. The molecule has 1 amide bonds. The second-order valence-corrected chi connectivity index (χ2v) is 6.18. The van der Waals surface area contributed by atoms with Crippen LogP contribution in [0.25, 0.3) is 0 Å². The molecule has 0 heterocycles. The molecule has 1 aliphatic carbocycles. The van der Waals surface area contributed by atoms with Gasteiger partial charge in [0.15, 0.2) is 5.96 Å². The zero-order chi connectivity index (χ0) is 18.8. The highest BCUT2D eigenvalue weighted by Crippen LogP contribution is 2.28. The molecule has 3 N–H and O–H groups in total. The lowest BCUT2D eigenvalue weighted by Crippen LogP contribution is -2.41. The lowest BCUT2D eigenvalue weighted by molar-refractivity contribution is -0.122. The molecule has 0 radical (unpaired) electrons. The van der Waals surface area contributed by atoms with E-state index in [2.05, 4.69) is 20.9 Å². The van der Waals surface area contributed by atoms with Gasteiger partial charge in [0, 0.05) is 32.1 Å². The largest absolute Gasteiger partial charge is 0.497 e. The molecule has 0 unspecified atom stereocenters. The zero-order valence-corrected chi connectivity index (χ0v) is 15.9. The zero-order valence-electron chi connectivity index (χ0n) is 15.9. The van der Waals surface area contributed by atoms with Crippen LogP contribution in [0.3, 0.4) is 0 Å². The van der Waals surface area contributed by atoms with Crippen molar-refractivity contribution in [3.8, 4) is 11.5 Å². The molecule has 7 heteroatoms. The van der Waals surface area contributed by atoms with Crippen molar-refractivity contribution in [1.29, 1.82) is 0 Å². The lowest BCUT2D eigenvalue weighted by Gasteiger charge is -2.13. The molecule has 144 valence electrons. The Morgan fingerprint density at radius 1 is 1.15 bits per heavy atom. The number of benzene rings is 1. The van der Waals surface area contributed by atoms with Gasteiger partial charge in [-0.2, -0.15) is 0 Å². The Hall–Kier alpha value is -2.44. The summed E-state index contributed by atoms with van der Waals surface area (Å²) in [5.74, 6) is 2.80. The van der Waals surface area contributed by atoms with Crippen molar-refractivity contribution in [3.63, 3.8) is 0 Å². The Morgan fingerprint density at radius 2 is 1.92 bits per heavy atom. The first-order valence-electron chi connectivity index (χ1n) is 9.18. The van der Waals surface area contributed by atoms with Gasteiger partial charge >= 0.3 is 0 Å². The number of methoxy groups -OCH3 is 2. The van der Waals surface area contributed by atoms with Crippen molar-refractivity contribution in [1.82, 2.24) is 16.0 Å². The molecule has 0 saturated heterocycles. The van der Waals surface area contributed by atoms with Crippen molar-refractivity contribution in [2.45, 2.75) is 26.2 Å². The second kappa shape index (κ2) is 10.5. The van der Waals surface area contributed by atoms with E-state index >= 15 is 0 Å². The minimum Gasteiger partial charge on any atom is -0.497 e. The van der Waals surface area contributed by atoms with E-state index in [0.29, 0.717) is 19.6 Å². The molecular weight excluding hydrogens is 332 g/mol. The standard InChI is InChI=1S/C19H30N4O3/c1-4-20-19(23-12-11-21-18(24)14-5-6-14)22-10-9-15-13-16(25-2)7-8-17(15)26-3/h7-8,13-14H,4-6,9-12H2,1-3H3,(H,21,24)(H2,20,22,23). The van der Waals surface area contributed by atoms with Gasteiger partial charge < -0.3 is 25.4 Å². The molecule has 0 bridgehead atoms. The number of carbonyl (C=O) groups excluding carboxylic acids is 1. The van der Waals surface area contributed by atoms with Crippen molar-refractivity contribution in [2.75, 3.05) is 40.4 Å². The molecule has 1 saturated carbocycles. The fourth-order valence-electron chi connectivity index (χ4n) is 2.56. The van der Waals surface area contributed by atoms with Gasteiger partial charge in [-0.05, 0) is 49.9 Å². The van der Waals surface area contributed by atoms with Crippen molar-refractivity contribution >= 4 is 11.9 Å². The summed E-state index contributed by atoms with van der Waals surface area (Å²) in [6.45, 7) is 4.67. The van der Waals surface area contributed by atoms with Crippen molar-refractivity contribution in [2.24, 2.45) is 10.9 Å². The van der Waals surface area contributed by atoms with Crippen LogP contribution < -0.4 is 25.4 Å². The van der Waals surface area contributed by atoms with Gasteiger partial charge in [-0.3, -0.25) is 9.79 Å². The summed E-state index contributed by atoms with van der Waals surface area (Å²) in [6.07, 6.45) is 2.80. The predicted octanol–water partition coefficient (Wildman–Crippen LogP) is 1.33. The monoisotopic (exact) mass is 362 g/mol. The first-order chi connectivity index (χ1) is 12.7. The molecule has 2 rings (SSSR count). The number of guanidine groups is 1. The van der Waals surface area contributed by atoms with Crippen LogP contribution in [0, 0.1) is 5.92 Å². The lowest BCUT2D eigenvalue weighted by atomic mass is 10.1. The molecule has 1 fully saturated rings. The Morgan fingerprint density at radius 3 is 2.58 bits per heavy atom. The number of nitrogens with one attached hydrogen (secondary N) is 3. The number of nitrogens with zero attached hydrogens (tertiary/aromatic N) is 1. The van der Waals surface area contributed by atoms with E-state index in [-0.39, 0.29) is 11.8 Å². The summed E-state index contributed by atoms with van der Waals surface area (Å²) in [4.78, 5) is 16.2. The van der Waals surface area contributed by atoms with Gasteiger partial charge in [0.05, 0.1) is 14.2 Å². The third kappa shape index (κ3) is 6.46. The average Bonchev–Trinajstić information content (AvgIpc) is 3.50. The number of rotatable bonds is 10. The normalized spacial score (nSPS) is 13.9. The Labute approximate surface area is 155 Å². The van der Waals surface area contributed by atoms with Gasteiger partial charge in [-0.1, -0.05) is 0 Å². The molecule has 1 aromatic carbocycles. The van der Waals surface area contributed by atoms with Crippen LogP contribution in [-0.2, 0) is 11.2 Å². The quantitative estimate of drug-likeness (QED) is 0.332. The van der Waals surface area contributed by atoms with Gasteiger partial charge in [-0.25, -0.2) is 0 Å². The molecule has 1 aromatic rings. The minimum absolute atomic E-state index is 0.166. The summed E-state index contributed by atoms with van der Waals surface area (Å²) in [5, 5.41) is 9.39. The van der Waals surface area contributed by atoms with E-state index in [0.717, 1.165) is 48.8 Å². The SMILES string of the molecule is CCNC(=NCCc1cc(OC)ccc1OC)NCCNC(=O)C1CC1. The van der Waals surface area contributed by atoms with Gasteiger partial charge in [0.1, 0.15) is 11.5 Å². The van der Waals surface area contributed by atoms with E-state index < -0.39 is 0 Å². The van der Waals surface area contributed by atoms with Gasteiger partial charge in [0.2, 0.25) is 5.91 Å². The third-order valence-electron chi connectivity index (χ3n) is 4.15. The van der Waals surface area contributed by atoms with Crippen LogP contribution in [0.4, 0.5) is 0 Å². The highest BCUT2D eigenvalue weighted by atomic mass is 16.5. The topological polar surface area (TPSA) is 84.0 Å². The Balaban J connectivity index is 1.81. The van der Waals surface area contributed by atoms with E-state index in [4.69, 9.17) is 9.47 Å². The molecule has 1 aliphatic rings.